The van der Waals surface area contributed by atoms with Crippen molar-refractivity contribution in [3.8, 4) is 0 Å². The molecule has 0 radical (unpaired) electrons. The van der Waals surface area contributed by atoms with E-state index in [2.05, 4.69) is 0 Å². The van der Waals surface area contributed by atoms with E-state index >= 15 is 0 Å². The Hall–Kier alpha value is -3.52. The zero-order valence-corrected chi connectivity index (χ0v) is 16.9. The molecule has 0 bridgehead atoms. The molecule has 3 rings (SSSR count). The first kappa shape index (κ1) is 21.2. The summed E-state index contributed by atoms with van der Waals surface area (Å²) in [6, 6.07) is 10.2. The molecule has 8 heteroatoms. The van der Waals surface area contributed by atoms with Gasteiger partial charge < -0.3 is 14.7 Å². The van der Waals surface area contributed by atoms with Crippen molar-refractivity contribution < 1.29 is 24.4 Å². The number of non-ortho nitro benzene ring substituents is 1. The molecule has 156 valence electrons. The van der Waals surface area contributed by atoms with Gasteiger partial charge in [0.2, 0.25) is 0 Å². The van der Waals surface area contributed by atoms with Crippen molar-refractivity contribution in [2.75, 3.05) is 20.3 Å². The Balaban J connectivity index is 2.24. The van der Waals surface area contributed by atoms with Gasteiger partial charge >= 0.3 is 0 Å². The van der Waals surface area contributed by atoms with Gasteiger partial charge in [-0.25, -0.2) is 0 Å². The Morgan fingerprint density at radius 3 is 2.60 bits per heavy atom. The van der Waals surface area contributed by atoms with Gasteiger partial charge in [0.15, 0.2) is 0 Å². The fourth-order valence-corrected chi connectivity index (χ4v) is 3.59. The number of likely N-dealkylation sites (tertiary alicyclic amines) is 1. The zero-order valence-electron chi connectivity index (χ0n) is 16.9. The molecule has 0 aliphatic carbocycles. The van der Waals surface area contributed by atoms with Gasteiger partial charge in [-0.05, 0) is 31.0 Å². The van der Waals surface area contributed by atoms with Crippen LogP contribution in [0.2, 0.25) is 0 Å². The smallest absolute Gasteiger partial charge is 0.295 e. The Kier molecular flexibility index (Phi) is 5.98. The first-order valence-corrected chi connectivity index (χ1v) is 9.35. The molecular formula is C22H22N2O6. The maximum Gasteiger partial charge on any atom is 0.295 e. The molecule has 1 N–H and O–H groups in total. The van der Waals surface area contributed by atoms with Gasteiger partial charge in [0.05, 0.1) is 23.1 Å². The summed E-state index contributed by atoms with van der Waals surface area (Å²) in [6.07, 6.45) is 0. The van der Waals surface area contributed by atoms with Crippen molar-refractivity contribution >= 4 is 23.1 Å². The van der Waals surface area contributed by atoms with E-state index < -0.39 is 22.7 Å². The number of methoxy groups -OCH3 is 1. The summed E-state index contributed by atoms with van der Waals surface area (Å²) in [7, 11) is 1.47. The summed E-state index contributed by atoms with van der Waals surface area (Å²) < 4.78 is 5.06. The number of ether oxygens (including phenoxy) is 1. The molecule has 0 spiro atoms. The molecule has 1 atom stereocenters. The molecule has 0 saturated carbocycles. The average Bonchev–Trinajstić information content (AvgIpc) is 2.98. The van der Waals surface area contributed by atoms with Gasteiger partial charge in [0.25, 0.3) is 17.4 Å². The summed E-state index contributed by atoms with van der Waals surface area (Å²) in [5.74, 6) is -1.91. The Morgan fingerprint density at radius 1 is 1.20 bits per heavy atom. The molecular weight excluding hydrogens is 388 g/mol. The van der Waals surface area contributed by atoms with Gasteiger partial charge in [-0.2, -0.15) is 0 Å². The molecule has 1 amide bonds. The third kappa shape index (κ3) is 3.81. The zero-order chi connectivity index (χ0) is 22.0. The van der Waals surface area contributed by atoms with Gasteiger partial charge in [-0.3, -0.25) is 19.7 Å². The average molecular weight is 410 g/mol. The van der Waals surface area contributed by atoms with Crippen LogP contribution in [0.1, 0.15) is 28.3 Å². The number of Topliss-reactive ketones (excluding diaryl/α,β-unsaturated/α-hetero) is 1. The first-order chi connectivity index (χ1) is 14.3. The number of aliphatic hydroxyl groups is 1. The second kappa shape index (κ2) is 8.46. The fourth-order valence-electron chi connectivity index (χ4n) is 3.59. The predicted octanol–water partition coefficient (Wildman–Crippen LogP) is 3.28. The number of nitrogens with zero attached hydrogens (tertiary/aromatic N) is 2. The minimum atomic E-state index is -0.958. The highest BCUT2D eigenvalue weighted by Gasteiger charge is 2.46. The number of aryl methyl sites for hydroxylation is 2. The number of amides is 1. The SMILES string of the molecule is COCCN1C(=O)C(=O)/C(=C(/O)c2cc(C)ccc2C)C1c1cccc([N+](=O)[O-])c1. The van der Waals surface area contributed by atoms with Gasteiger partial charge in [-0.1, -0.05) is 29.8 Å². The maximum atomic E-state index is 12.9. The summed E-state index contributed by atoms with van der Waals surface area (Å²) in [5.41, 5.74) is 2.16. The van der Waals surface area contributed by atoms with Crippen LogP contribution >= 0.6 is 0 Å². The molecule has 1 saturated heterocycles. The Bertz CT molecular complexity index is 1060. The van der Waals surface area contributed by atoms with Crippen LogP contribution < -0.4 is 0 Å². The van der Waals surface area contributed by atoms with Crippen molar-refractivity contribution in [1.29, 1.82) is 0 Å². The van der Waals surface area contributed by atoms with Crippen molar-refractivity contribution in [3.05, 3.63) is 80.4 Å². The monoisotopic (exact) mass is 410 g/mol. The normalized spacial score (nSPS) is 18.1. The lowest BCUT2D eigenvalue weighted by Crippen LogP contribution is -2.32. The molecule has 1 aliphatic rings. The lowest BCUT2D eigenvalue weighted by Gasteiger charge is -2.25. The highest BCUT2D eigenvalue weighted by atomic mass is 16.6. The highest BCUT2D eigenvalue weighted by Crippen LogP contribution is 2.40. The van der Waals surface area contributed by atoms with Crippen LogP contribution in [0.4, 0.5) is 5.69 Å². The van der Waals surface area contributed by atoms with E-state index in [0.717, 1.165) is 11.1 Å². The summed E-state index contributed by atoms with van der Waals surface area (Å²) >= 11 is 0. The van der Waals surface area contributed by atoms with Crippen LogP contribution in [0.3, 0.4) is 0 Å². The number of hydrogen-bond acceptors (Lipinski definition) is 6. The molecule has 8 nitrogen and oxygen atoms in total. The number of nitro groups is 1. The number of rotatable bonds is 6. The lowest BCUT2D eigenvalue weighted by molar-refractivity contribution is -0.384. The van der Waals surface area contributed by atoms with Crippen molar-refractivity contribution in [3.63, 3.8) is 0 Å². The number of carbonyl (C=O) groups excluding carboxylic acids is 2. The van der Waals surface area contributed by atoms with Crippen LogP contribution in [-0.2, 0) is 14.3 Å². The molecule has 1 unspecified atom stereocenters. The lowest BCUT2D eigenvalue weighted by atomic mass is 9.93. The quantitative estimate of drug-likeness (QED) is 0.257. The number of ketones is 1. The van der Waals surface area contributed by atoms with Crippen LogP contribution in [0.15, 0.2) is 48.0 Å². The fraction of sp³-hybridized carbons (Fsp3) is 0.273. The number of aliphatic hydroxyl groups excluding tert-OH is 1. The summed E-state index contributed by atoms with van der Waals surface area (Å²) in [6.45, 7) is 3.91. The molecule has 1 aliphatic heterocycles. The van der Waals surface area contributed by atoms with E-state index in [4.69, 9.17) is 4.74 Å². The molecule has 2 aromatic rings. The third-order valence-corrected chi connectivity index (χ3v) is 5.12. The largest absolute Gasteiger partial charge is 0.507 e. The second-order valence-electron chi connectivity index (χ2n) is 7.16. The van der Waals surface area contributed by atoms with Crippen LogP contribution in [0.25, 0.3) is 5.76 Å². The molecule has 1 heterocycles. The molecule has 0 aromatic heterocycles. The number of carbonyl (C=O) groups is 2. The number of nitro benzene ring substituents is 1. The van der Waals surface area contributed by atoms with E-state index in [1.807, 2.05) is 19.1 Å². The summed E-state index contributed by atoms with van der Waals surface area (Å²) in [5, 5.41) is 22.3. The Labute approximate surface area is 173 Å². The van der Waals surface area contributed by atoms with Crippen molar-refractivity contribution in [2.24, 2.45) is 0 Å². The third-order valence-electron chi connectivity index (χ3n) is 5.12. The summed E-state index contributed by atoms with van der Waals surface area (Å²) in [4.78, 5) is 37.6. The highest BCUT2D eigenvalue weighted by molar-refractivity contribution is 6.46. The number of hydrogen-bond donors (Lipinski definition) is 1. The van der Waals surface area contributed by atoms with Crippen LogP contribution in [-0.4, -0.2) is 46.9 Å². The molecule has 2 aromatic carbocycles. The minimum absolute atomic E-state index is 0.0923. The minimum Gasteiger partial charge on any atom is -0.507 e. The van der Waals surface area contributed by atoms with Gasteiger partial charge in [0, 0.05) is 31.4 Å². The van der Waals surface area contributed by atoms with Crippen molar-refractivity contribution in [1.82, 2.24) is 4.90 Å². The van der Waals surface area contributed by atoms with Crippen LogP contribution in [0, 0.1) is 24.0 Å². The van der Waals surface area contributed by atoms with Crippen LogP contribution in [0.5, 0.6) is 0 Å². The molecule has 30 heavy (non-hydrogen) atoms. The van der Waals surface area contributed by atoms with E-state index in [1.54, 1.807) is 19.1 Å². The standard InChI is InChI=1S/C22H22N2O6/c1-13-7-8-14(2)17(11-13)20(25)18-19(15-5-4-6-16(12-15)24(28)29)23(9-10-30-3)22(27)21(18)26/h4-8,11-12,19,25H,9-10H2,1-3H3/b20-18+. The first-order valence-electron chi connectivity index (χ1n) is 9.35. The Morgan fingerprint density at radius 2 is 1.93 bits per heavy atom. The van der Waals surface area contributed by atoms with Gasteiger partial charge in [0.1, 0.15) is 5.76 Å². The molecule has 1 fully saturated rings. The van der Waals surface area contributed by atoms with Crippen molar-refractivity contribution in [2.45, 2.75) is 19.9 Å². The van der Waals surface area contributed by atoms with Gasteiger partial charge in [-0.15, -0.1) is 0 Å². The maximum absolute atomic E-state index is 12.9. The van der Waals surface area contributed by atoms with E-state index in [-0.39, 0.29) is 30.2 Å². The topological polar surface area (TPSA) is 110 Å². The van der Waals surface area contributed by atoms with E-state index in [1.165, 1.54) is 30.2 Å². The number of benzene rings is 2. The van der Waals surface area contributed by atoms with E-state index in [9.17, 15) is 24.8 Å². The predicted molar refractivity (Wildman–Crippen MR) is 110 cm³/mol. The van der Waals surface area contributed by atoms with E-state index in [0.29, 0.717) is 11.1 Å². The second-order valence-corrected chi connectivity index (χ2v) is 7.16.